The minimum Gasteiger partial charge on any atom is -0.392 e. The first-order valence-corrected chi connectivity index (χ1v) is 35.0. The summed E-state index contributed by atoms with van der Waals surface area (Å²) in [6, 6.07) is 0. The highest BCUT2D eigenvalue weighted by Crippen LogP contribution is 2.23. The molecule has 0 rings (SSSR count). The summed E-state index contributed by atoms with van der Waals surface area (Å²) in [5.74, 6) is -1.10. The van der Waals surface area contributed by atoms with Gasteiger partial charge in [-0.25, -0.2) is 0 Å². The van der Waals surface area contributed by atoms with E-state index < -0.39 is 46.3 Å². The van der Waals surface area contributed by atoms with Gasteiger partial charge in [0.05, 0.1) is 24.4 Å². The van der Waals surface area contributed by atoms with Gasteiger partial charge in [-0.05, 0) is 32.6 Å². The zero-order valence-electron chi connectivity index (χ0n) is 50.9. The van der Waals surface area contributed by atoms with Crippen LogP contribution in [0.25, 0.3) is 0 Å². The van der Waals surface area contributed by atoms with E-state index >= 15 is 0 Å². The van der Waals surface area contributed by atoms with E-state index in [0.717, 1.165) is 74.9 Å². The van der Waals surface area contributed by atoms with Crippen LogP contribution >= 0.6 is 23.5 Å². The molecule has 4 atom stereocenters. The monoisotopic (exact) mass is 1110 g/mol. The molecule has 11 heteroatoms. The lowest BCUT2D eigenvalue weighted by Gasteiger charge is -2.27. The lowest BCUT2D eigenvalue weighted by atomic mass is 10.0. The van der Waals surface area contributed by atoms with Crippen molar-refractivity contribution in [3.63, 3.8) is 0 Å². The van der Waals surface area contributed by atoms with Gasteiger partial charge in [0.15, 0.2) is 5.92 Å². The minimum absolute atomic E-state index is 0.359. The number of thioether (sulfide) groups is 2. The zero-order chi connectivity index (χ0) is 56.0. The summed E-state index contributed by atoms with van der Waals surface area (Å²) in [5, 5.41) is 43.7. The molecule has 452 valence electrons. The molecule has 0 saturated heterocycles. The molecule has 9 nitrogen and oxygen atoms in total. The molecule has 0 spiro atoms. The van der Waals surface area contributed by atoms with Crippen LogP contribution in [0.15, 0.2) is 0 Å². The number of hydrogen-bond acceptors (Lipinski definition) is 11. The van der Waals surface area contributed by atoms with Crippen molar-refractivity contribution >= 4 is 39.5 Å². The van der Waals surface area contributed by atoms with Crippen molar-refractivity contribution in [2.24, 2.45) is 5.92 Å². The maximum absolute atomic E-state index is 13.7. The van der Waals surface area contributed by atoms with Crippen molar-refractivity contribution in [3.05, 3.63) is 0 Å². The van der Waals surface area contributed by atoms with Gasteiger partial charge in [-0.15, -0.1) is 0 Å². The van der Waals surface area contributed by atoms with E-state index in [1.807, 2.05) is 0 Å². The predicted molar refractivity (Wildman–Crippen MR) is 332 cm³/mol. The summed E-state index contributed by atoms with van der Waals surface area (Å²) in [4.78, 5) is 44.4. The Morgan fingerprint density at radius 1 is 0.316 bits per heavy atom. The summed E-state index contributed by atoms with van der Waals surface area (Å²) in [5.41, 5.74) is 0. The van der Waals surface area contributed by atoms with E-state index in [2.05, 4.69) is 37.5 Å². The average molecular weight is 1110 g/mol. The summed E-state index contributed by atoms with van der Waals surface area (Å²) < 4.78 is 0. The van der Waals surface area contributed by atoms with E-state index in [-0.39, 0.29) is 0 Å². The molecule has 0 fully saturated rings. The third kappa shape index (κ3) is 50.4. The molecule has 0 bridgehead atoms. The van der Waals surface area contributed by atoms with Gasteiger partial charge in [-0.3, -0.25) is 24.2 Å². The summed E-state index contributed by atoms with van der Waals surface area (Å²) in [7, 11) is 0. The highest BCUT2D eigenvalue weighted by molar-refractivity contribution is 8.15. The van der Waals surface area contributed by atoms with Crippen LogP contribution in [-0.2, 0) is 14.4 Å². The second-order valence-corrected chi connectivity index (χ2v) is 25.6. The van der Waals surface area contributed by atoms with E-state index in [1.54, 1.807) is 0 Å². The molecular formula is C65H128N2O7S2. The molecule has 4 unspecified atom stereocenters. The van der Waals surface area contributed by atoms with Gasteiger partial charge in [-0.2, -0.15) is 0 Å². The number of aliphatic hydroxyl groups is 4. The smallest absolute Gasteiger partial charge is 0.207 e. The maximum Gasteiger partial charge on any atom is 0.207 e. The number of rotatable bonds is 61. The van der Waals surface area contributed by atoms with Crippen LogP contribution in [0.4, 0.5) is 0 Å². The molecule has 0 heterocycles. The molecule has 76 heavy (non-hydrogen) atoms. The third-order valence-electron chi connectivity index (χ3n) is 15.6. The summed E-state index contributed by atoms with van der Waals surface area (Å²) >= 11 is 2.02. The molecule has 0 aromatic carbocycles. The standard InChI is InChI=1S/C65H128N2O7S2/c1-6-10-14-18-22-26-30-34-38-42-46-59(69)54-66(55-60(70)47-43-39-35-31-27-23-19-15-11-7-2)50-52-75-64(73)63(58(5)68)65(74)76-53-51-67(56-61(71)48-44-40-36-32-28-24-20-16-12-8-3)57-62(72)49-45-41-37-33-29-25-21-17-13-9-4/h59-63,69-72H,6-57H2,1-5H3. The Morgan fingerprint density at radius 2 is 0.500 bits per heavy atom. The van der Waals surface area contributed by atoms with E-state index in [9.17, 15) is 34.8 Å². The average Bonchev–Trinajstić information content (AvgIpc) is 3.38. The molecule has 0 aliphatic carbocycles. The molecule has 0 radical (unpaired) electrons. The SMILES string of the molecule is CCCCCCCCCCCCC(O)CN(CCSC(=O)C(C(C)=O)C(=O)SCCN(CC(O)CCCCCCCCCCCC)CC(O)CCCCCCCCCCCC)CC(O)CCCCCCCCCCCC. The van der Waals surface area contributed by atoms with Gasteiger partial charge in [-0.1, -0.05) is 308 Å². The molecule has 0 aromatic rings. The van der Waals surface area contributed by atoms with Crippen LogP contribution in [0.2, 0.25) is 0 Å². The van der Waals surface area contributed by atoms with Crippen LogP contribution in [0.1, 0.15) is 317 Å². The molecular weight excluding hydrogens is 985 g/mol. The maximum atomic E-state index is 13.7. The Balaban J connectivity index is 5.35. The third-order valence-corrected chi connectivity index (χ3v) is 17.4. The second kappa shape index (κ2) is 57.7. The molecule has 0 aliphatic rings. The molecule has 0 amide bonds. The molecule has 0 aromatic heterocycles. The first kappa shape index (κ1) is 75.5. The van der Waals surface area contributed by atoms with Crippen LogP contribution in [0.5, 0.6) is 0 Å². The van der Waals surface area contributed by atoms with Gasteiger partial charge < -0.3 is 20.4 Å². The van der Waals surface area contributed by atoms with E-state index in [0.29, 0.717) is 76.5 Å². The normalized spacial score (nSPS) is 13.9. The van der Waals surface area contributed by atoms with Gasteiger partial charge in [0.2, 0.25) is 10.2 Å². The number of nitrogens with zero attached hydrogens (tertiary/aromatic N) is 2. The second-order valence-electron chi connectivity index (χ2n) is 23.4. The van der Waals surface area contributed by atoms with Gasteiger partial charge in [0, 0.05) is 50.8 Å². The largest absolute Gasteiger partial charge is 0.392 e. The van der Waals surface area contributed by atoms with E-state index in [1.165, 1.54) is 212 Å². The van der Waals surface area contributed by atoms with Crippen LogP contribution in [0.3, 0.4) is 0 Å². The molecule has 0 saturated carbocycles. The van der Waals surface area contributed by atoms with Crippen molar-refractivity contribution in [1.29, 1.82) is 0 Å². The van der Waals surface area contributed by atoms with Crippen LogP contribution in [0, 0.1) is 5.92 Å². The molecule has 0 aliphatic heterocycles. The number of aliphatic hydroxyl groups excluding tert-OH is 4. The Labute approximate surface area is 480 Å². The van der Waals surface area contributed by atoms with Crippen LogP contribution < -0.4 is 0 Å². The highest BCUT2D eigenvalue weighted by atomic mass is 32.2. The topological polar surface area (TPSA) is 139 Å². The van der Waals surface area contributed by atoms with Gasteiger partial charge >= 0.3 is 0 Å². The first-order chi connectivity index (χ1) is 37.0. The number of carbonyl (C=O) groups is 3. The number of carbonyl (C=O) groups excluding carboxylic acids is 3. The summed E-state index contributed by atoms with van der Waals surface area (Å²) in [6.07, 6.45) is 50.3. The van der Waals surface area contributed by atoms with E-state index in [4.69, 9.17) is 0 Å². The Hall–Kier alpha value is -0.530. The zero-order valence-corrected chi connectivity index (χ0v) is 52.5. The van der Waals surface area contributed by atoms with Gasteiger partial charge in [0.25, 0.3) is 0 Å². The Bertz CT molecular complexity index is 1110. The lowest BCUT2D eigenvalue weighted by molar-refractivity contribution is -0.132. The van der Waals surface area contributed by atoms with Crippen molar-refractivity contribution in [2.45, 2.75) is 342 Å². The highest BCUT2D eigenvalue weighted by Gasteiger charge is 2.32. The number of Topliss-reactive ketones (excluding diaryl/α,β-unsaturated/α-hetero) is 1. The van der Waals surface area contributed by atoms with Crippen molar-refractivity contribution in [1.82, 2.24) is 9.80 Å². The fraction of sp³-hybridized carbons (Fsp3) is 0.954. The Kier molecular flexibility index (Phi) is 57.3. The minimum atomic E-state index is -1.36. The Morgan fingerprint density at radius 3 is 0.684 bits per heavy atom. The first-order valence-electron chi connectivity index (χ1n) is 33.0. The molecule has 4 N–H and O–H groups in total. The summed E-state index contributed by atoms with van der Waals surface area (Å²) in [6.45, 7) is 12.9. The number of hydrogen-bond donors (Lipinski definition) is 4. The number of unbranched alkanes of at least 4 members (excludes halogenated alkanes) is 36. The fourth-order valence-electron chi connectivity index (χ4n) is 10.7. The number of ketones is 1. The van der Waals surface area contributed by atoms with Gasteiger partial charge in [0.1, 0.15) is 5.78 Å². The predicted octanol–water partition coefficient (Wildman–Crippen LogP) is 17.0. The quantitative estimate of drug-likeness (QED) is 0.0342. The fourth-order valence-corrected chi connectivity index (χ4v) is 12.7. The van der Waals surface area contributed by atoms with Crippen LogP contribution in [-0.4, -0.2) is 121 Å². The van der Waals surface area contributed by atoms with Crippen molar-refractivity contribution in [3.8, 4) is 0 Å². The van der Waals surface area contributed by atoms with Crippen molar-refractivity contribution in [2.75, 3.05) is 50.8 Å². The lowest BCUT2D eigenvalue weighted by Crippen LogP contribution is -2.40. The van der Waals surface area contributed by atoms with Crippen molar-refractivity contribution < 1.29 is 34.8 Å².